The first kappa shape index (κ1) is 12.8. The average molecular weight is 251 g/mol. The highest BCUT2D eigenvalue weighted by atomic mass is 16.5. The van der Waals surface area contributed by atoms with Gasteiger partial charge in [0.05, 0.1) is 19.8 Å². The predicted octanol–water partition coefficient (Wildman–Crippen LogP) is 0.533. The molecule has 1 saturated heterocycles. The van der Waals surface area contributed by atoms with Crippen molar-refractivity contribution in [2.24, 2.45) is 0 Å². The molecule has 2 rings (SSSR count). The molecule has 0 bridgehead atoms. The van der Waals surface area contributed by atoms with E-state index in [-0.39, 0.29) is 18.5 Å². The van der Waals surface area contributed by atoms with Gasteiger partial charge in [-0.15, -0.1) is 0 Å². The monoisotopic (exact) mass is 251 g/mol. The van der Waals surface area contributed by atoms with Gasteiger partial charge in [0.1, 0.15) is 5.82 Å². The summed E-state index contributed by atoms with van der Waals surface area (Å²) in [5.41, 5.74) is 0.712. The maximum Gasteiger partial charge on any atom is 0.376 e. The maximum absolute atomic E-state index is 11.5. The Balaban J connectivity index is 2.33. The fourth-order valence-electron chi connectivity index (χ4n) is 2.21. The van der Waals surface area contributed by atoms with E-state index in [0.717, 1.165) is 19.4 Å². The Kier molecular flexibility index (Phi) is 3.76. The molecule has 0 saturated carbocycles. The summed E-state index contributed by atoms with van der Waals surface area (Å²) in [6.07, 6.45) is 1.95. The third-order valence-corrected chi connectivity index (χ3v) is 3.09. The second-order valence-corrected chi connectivity index (χ2v) is 4.35. The summed E-state index contributed by atoms with van der Waals surface area (Å²) in [7, 11) is 1.31. The van der Waals surface area contributed by atoms with Crippen LogP contribution in [0, 0.1) is 6.92 Å². The molecule has 1 fully saturated rings. The lowest BCUT2D eigenvalue weighted by atomic mass is 10.2. The molecule has 1 aliphatic heterocycles. The zero-order valence-corrected chi connectivity index (χ0v) is 10.6. The summed E-state index contributed by atoms with van der Waals surface area (Å²) in [5.74, 6) is 0.204. The van der Waals surface area contributed by atoms with Crippen molar-refractivity contribution in [3.05, 3.63) is 17.6 Å². The van der Waals surface area contributed by atoms with E-state index in [1.54, 1.807) is 0 Å². The van der Waals surface area contributed by atoms with Gasteiger partial charge in [0.15, 0.2) is 0 Å². The molecule has 1 atom stereocenters. The van der Waals surface area contributed by atoms with Gasteiger partial charge in [0.2, 0.25) is 5.82 Å². The van der Waals surface area contributed by atoms with Crippen molar-refractivity contribution in [1.29, 1.82) is 0 Å². The minimum Gasteiger partial charge on any atom is -0.463 e. The molecule has 98 valence electrons. The molecule has 1 N–H and O–H groups in total. The largest absolute Gasteiger partial charge is 0.463 e. The Bertz CT molecular complexity index is 450. The minimum absolute atomic E-state index is 0.0658. The zero-order chi connectivity index (χ0) is 13.1. The van der Waals surface area contributed by atoms with Crippen LogP contribution in [-0.2, 0) is 4.74 Å². The number of esters is 1. The predicted molar refractivity (Wildman–Crippen MR) is 65.6 cm³/mol. The van der Waals surface area contributed by atoms with Gasteiger partial charge >= 0.3 is 5.97 Å². The number of rotatable bonds is 3. The Labute approximate surface area is 106 Å². The highest BCUT2D eigenvalue weighted by Crippen LogP contribution is 2.24. The molecule has 0 radical (unpaired) electrons. The molecular formula is C12H17N3O3. The van der Waals surface area contributed by atoms with Crippen molar-refractivity contribution in [1.82, 2.24) is 9.97 Å². The fourth-order valence-corrected chi connectivity index (χ4v) is 2.21. The molecule has 2 heterocycles. The van der Waals surface area contributed by atoms with Crippen LogP contribution in [0.3, 0.4) is 0 Å². The van der Waals surface area contributed by atoms with Crippen LogP contribution in [0.5, 0.6) is 0 Å². The number of carbonyl (C=O) groups is 1. The summed E-state index contributed by atoms with van der Waals surface area (Å²) in [4.78, 5) is 21.7. The van der Waals surface area contributed by atoms with Crippen molar-refractivity contribution < 1.29 is 14.6 Å². The number of anilines is 1. The van der Waals surface area contributed by atoms with Crippen LogP contribution in [0.2, 0.25) is 0 Å². The highest BCUT2D eigenvalue weighted by molar-refractivity contribution is 5.85. The van der Waals surface area contributed by atoms with Crippen LogP contribution in [0.4, 0.5) is 5.82 Å². The molecule has 6 nitrogen and oxygen atoms in total. The quantitative estimate of drug-likeness (QED) is 0.790. The van der Waals surface area contributed by atoms with Crippen molar-refractivity contribution in [3.63, 3.8) is 0 Å². The van der Waals surface area contributed by atoms with Crippen LogP contribution in [-0.4, -0.2) is 47.3 Å². The molecule has 18 heavy (non-hydrogen) atoms. The number of methoxy groups -OCH3 is 1. The number of hydrogen-bond acceptors (Lipinski definition) is 6. The number of aromatic nitrogens is 2. The smallest absolute Gasteiger partial charge is 0.376 e. The lowest BCUT2D eigenvalue weighted by Crippen LogP contribution is -2.33. The van der Waals surface area contributed by atoms with E-state index in [1.165, 1.54) is 7.11 Å². The van der Waals surface area contributed by atoms with Crippen molar-refractivity contribution in [3.8, 4) is 0 Å². The summed E-state index contributed by atoms with van der Waals surface area (Å²) in [6.45, 7) is 2.74. The maximum atomic E-state index is 11.5. The highest BCUT2D eigenvalue weighted by Gasteiger charge is 2.26. The number of aryl methyl sites for hydroxylation is 1. The lowest BCUT2D eigenvalue weighted by Gasteiger charge is -2.24. The van der Waals surface area contributed by atoms with E-state index in [2.05, 4.69) is 14.7 Å². The van der Waals surface area contributed by atoms with Crippen LogP contribution in [0.1, 0.15) is 29.2 Å². The van der Waals surface area contributed by atoms with Gasteiger partial charge in [-0.05, 0) is 19.8 Å². The summed E-state index contributed by atoms with van der Waals surface area (Å²) in [5, 5.41) is 9.32. The number of aliphatic hydroxyl groups is 1. The second-order valence-electron chi connectivity index (χ2n) is 4.35. The van der Waals surface area contributed by atoms with Crippen LogP contribution >= 0.6 is 0 Å². The number of hydrogen-bond donors (Lipinski definition) is 1. The first-order valence-corrected chi connectivity index (χ1v) is 5.97. The minimum atomic E-state index is -0.542. The topological polar surface area (TPSA) is 75.5 Å². The first-order chi connectivity index (χ1) is 8.65. The zero-order valence-electron chi connectivity index (χ0n) is 10.6. The van der Waals surface area contributed by atoms with Gasteiger partial charge in [-0.3, -0.25) is 0 Å². The van der Waals surface area contributed by atoms with E-state index in [4.69, 9.17) is 0 Å². The normalized spacial score (nSPS) is 19.1. The van der Waals surface area contributed by atoms with Gasteiger partial charge in [-0.25, -0.2) is 14.8 Å². The molecule has 0 amide bonds. The Hall–Kier alpha value is -1.69. The Morgan fingerprint density at radius 3 is 3.06 bits per heavy atom. The first-order valence-electron chi connectivity index (χ1n) is 5.97. The van der Waals surface area contributed by atoms with Gasteiger partial charge < -0.3 is 14.7 Å². The van der Waals surface area contributed by atoms with Gasteiger partial charge in [-0.2, -0.15) is 0 Å². The number of carbonyl (C=O) groups excluding carboxylic acids is 1. The average Bonchev–Trinajstić information content (AvgIpc) is 2.85. The third-order valence-electron chi connectivity index (χ3n) is 3.09. The fraction of sp³-hybridized carbons (Fsp3) is 0.583. The molecule has 0 aliphatic carbocycles. The van der Waals surface area contributed by atoms with Crippen LogP contribution in [0.15, 0.2) is 6.07 Å². The molecular weight excluding hydrogens is 234 g/mol. The molecule has 1 unspecified atom stereocenters. The van der Waals surface area contributed by atoms with Crippen LogP contribution in [0.25, 0.3) is 0 Å². The molecule has 0 aromatic carbocycles. The van der Waals surface area contributed by atoms with Gasteiger partial charge in [0.25, 0.3) is 0 Å². The third kappa shape index (κ3) is 2.43. The standard InChI is InChI=1S/C12H17N3O3/c1-8-6-10(14-11(13-8)12(17)18-2)15-5-3-4-9(15)7-16/h6,9,16H,3-5,7H2,1-2H3. The number of ether oxygens (including phenoxy) is 1. The second kappa shape index (κ2) is 5.30. The molecule has 1 aromatic rings. The lowest BCUT2D eigenvalue weighted by molar-refractivity contribution is 0.0586. The summed E-state index contributed by atoms with van der Waals surface area (Å²) >= 11 is 0. The molecule has 0 spiro atoms. The number of aliphatic hydroxyl groups excluding tert-OH is 1. The molecule has 1 aromatic heterocycles. The van der Waals surface area contributed by atoms with E-state index >= 15 is 0 Å². The SMILES string of the molecule is COC(=O)c1nc(C)cc(N2CCCC2CO)n1. The van der Waals surface area contributed by atoms with Crippen molar-refractivity contribution >= 4 is 11.8 Å². The van der Waals surface area contributed by atoms with E-state index < -0.39 is 5.97 Å². The Morgan fingerprint density at radius 1 is 1.61 bits per heavy atom. The van der Waals surface area contributed by atoms with E-state index in [0.29, 0.717) is 11.5 Å². The number of nitrogens with zero attached hydrogens (tertiary/aromatic N) is 3. The molecule has 6 heteroatoms. The Morgan fingerprint density at radius 2 is 2.39 bits per heavy atom. The van der Waals surface area contributed by atoms with Gasteiger partial charge in [-0.1, -0.05) is 0 Å². The van der Waals surface area contributed by atoms with Crippen molar-refractivity contribution in [2.75, 3.05) is 25.2 Å². The van der Waals surface area contributed by atoms with E-state index in [9.17, 15) is 9.90 Å². The van der Waals surface area contributed by atoms with Crippen LogP contribution < -0.4 is 4.90 Å². The summed E-state index contributed by atoms with van der Waals surface area (Å²) < 4.78 is 4.63. The summed E-state index contributed by atoms with van der Waals surface area (Å²) in [6, 6.07) is 1.89. The molecule has 1 aliphatic rings. The van der Waals surface area contributed by atoms with Gasteiger partial charge in [0, 0.05) is 18.3 Å². The van der Waals surface area contributed by atoms with E-state index in [1.807, 2.05) is 17.9 Å². The van der Waals surface area contributed by atoms with Crippen molar-refractivity contribution in [2.45, 2.75) is 25.8 Å².